The summed E-state index contributed by atoms with van der Waals surface area (Å²) in [5.41, 5.74) is -0.630. The molecule has 0 saturated carbocycles. The van der Waals surface area contributed by atoms with Crippen LogP contribution in [0.25, 0.3) is 0 Å². The van der Waals surface area contributed by atoms with E-state index in [4.69, 9.17) is 0 Å². The SMILES string of the molecule is CC(=O)NC(CC(=O)N1CCN(C(=O)c2ccc(C(F)(F)F)cc2)CC1)c1cccs1. The van der Waals surface area contributed by atoms with Gasteiger partial charge in [-0.15, -0.1) is 11.3 Å². The van der Waals surface area contributed by atoms with Crippen LogP contribution in [0.1, 0.15) is 40.2 Å². The number of thiophene rings is 1. The quantitative estimate of drug-likeness (QED) is 0.755. The van der Waals surface area contributed by atoms with Gasteiger partial charge in [0.15, 0.2) is 0 Å². The van der Waals surface area contributed by atoms with Gasteiger partial charge in [0, 0.05) is 43.5 Å². The van der Waals surface area contributed by atoms with Crippen molar-refractivity contribution in [1.29, 1.82) is 0 Å². The minimum absolute atomic E-state index is 0.118. The van der Waals surface area contributed by atoms with Crippen LogP contribution < -0.4 is 5.32 Å². The lowest BCUT2D eigenvalue weighted by Gasteiger charge is -2.35. The Bertz CT molecular complexity index is 922. The summed E-state index contributed by atoms with van der Waals surface area (Å²) < 4.78 is 38.1. The molecule has 166 valence electrons. The number of rotatable bonds is 5. The highest BCUT2D eigenvalue weighted by molar-refractivity contribution is 7.10. The second-order valence-electron chi connectivity index (χ2n) is 7.22. The molecule has 1 aromatic heterocycles. The number of carbonyl (C=O) groups excluding carboxylic acids is 3. The van der Waals surface area contributed by atoms with Crippen molar-refractivity contribution in [1.82, 2.24) is 15.1 Å². The van der Waals surface area contributed by atoms with Crippen molar-refractivity contribution >= 4 is 29.1 Å². The minimum atomic E-state index is -4.45. The van der Waals surface area contributed by atoms with E-state index < -0.39 is 17.8 Å². The molecule has 6 nitrogen and oxygen atoms in total. The van der Waals surface area contributed by atoms with Crippen LogP contribution in [0.5, 0.6) is 0 Å². The van der Waals surface area contributed by atoms with E-state index in [2.05, 4.69) is 5.32 Å². The van der Waals surface area contributed by atoms with Crippen LogP contribution in [0.4, 0.5) is 13.2 Å². The molecular weight excluding hydrogens is 431 g/mol. The van der Waals surface area contributed by atoms with Crippen molar-refractivity contribution in [3.05, 3.63) is 57.8 Å². The molecule has 1 atom stereocenters. The van der Waals surface area contributed by atoms with Crippen molar-refractivity contribution in [2.45, 2.75) is 25.6 Å². The lowest BCUT2D eigenvalue weighted by molar-refractivity contribution is -0.137. The summed E-state index contributed by atoms with van der Waals surface area (Å²) in [5, 5.41) is 4.67. The maximum absolute atomic E-state index is 12.7. The van der Waals surface area contributed by atoms with Crippen LogP contribution in [0.15, 0.2) is 41.8 Å². The topological polar surface area (TPSA) is 69.7 Å². The number of alkyl halides is 3. The van der Waals surface area contributed by atoms with E-state index in [0.717, 1.165) is 17.0 Å². The van der Waals surface area contributed by atoms with Gasteiger partial charge in [0.2, 0.25) is 11.8 Å². The maximum Gasteiger partial charge on any atom is 0.416 e. The third-order valence-corrected chi connectivity index (χ3v) is 6.01. The van der Waals surface area contributed by atoms with Gasteiger partial charge in [-0.2, -0.15) is 13.2 Å². The number of amides is 3. The van der Waals surface area contributed by atoms with E-state index >= 15 is 0 Å². The Morgan fingerprint density at radius 3 is 2.16 bits per heavy atom. The van der Waals surface area contributed by atoms with Crippen LogP contribution in [0.3, 0.4) is 0 Å². The van der Waals surface area contributed by atoms with Crippen LogP contribution in [-0.2, 0) is 15.8 Å². The predicted octanol–water partition coefficient (Wildman–Crippen LogP) is 3.32. The first-order valence-electron chi connectivity index (χ1n) is 9.70. The minimum Gasteiger partial charge on any atom is -0.348 e. The van der Waals surface area contributed by atoms with Crippen LogP contribution in [0, 0.1) is 0 Å². The number of nitrogens with zero attached hydrogens (tertiary/aromatic N) is 2. The molecule has 0 radical (unpaired) electrons. The summed E-state index contributed by atoms with van der Waals surface area (Å²) in [6.07, 6.45) is -4.33. The molecule has 2 aromatic rings. The molecule has 1 N–H and O–H groups in total. The summed E-state index contributed by atoms with van der Waals surface area (Å²) in [7, 11) is 0. The van der Waals surface area contributed by atoms with Crippen molar-refractivity contribution in [2.24, 2.45) is 0 Å². The van der Waals surface area contributed by atoms with E-state index in [9.17, 15) is 27.6 Å². The zero-order valence-electron chi connectivity index (χ0n) is 16.8. The highest BCUT2D eigenvalue weighted by atomic mass is 32.1. The number of hydrogen-bond acceptors (Lipinski definition) is 4. The average Bonchev–Trinajstić information content (AvgIpc) is 3.27. The Morgan fingerprint density at radius 1 is 1.03 bits per heavy atom. The van der Waals surface area contributed by atoms with Crippen LogP contribution in [-0.4, -0.2) is 53.7 Å². The Balaban J connectivity index is 1.56. The van der Waals surface area contributed by atoms with Gasteiger partial charge in [0.05, 0.1) is 18.0 Å². The van der Waals surface area contributed by atoms with E-state index in [1.165, 1.54) is 35.3 Å². The molecule has 3 rings (SSSR count). The fraction of sp³-hybridized carbons (Fsp3) is 0.381. The van der Waals surface area contributed by atoms with Gasteiger partial charge in [-0.25, -0.2) is 0 Å². The van der Waals surface area contributed by atoms with Gasteiger partial charge in [-0.05, 0) is 35.7 Å². The van der Waals surface area contributed by atoms with Crippen molar-refractivity contribution < 1.29 is 27.6 Å². The maximum atomic E-state index is 12.7. The number of carbonyl (C=O) groups is 3. The third-order valence-electron chi connectivity index (χ3n) is 5.02. The molecule has 1 aliphatic heterocycles. The lowest BCUT2D eigenvalue weighted by atomic mass is 10.1. The largest absolute Gasteiger partial charge is 0.416 e. The van der Waals surface area contributed by atoms with Crippen LogP contribution in [0.2, 0.25) is 0 Å². The molecule has 0 bridgehead atoms. The Labute approximate surface area is 181 Å². The van der Waals surface area contributed by atoms with Crippen molar-refractivity contribution in [3.8, 4) is 0 Å². The number of benzene rings is 1. The Kier molecular flexibility index (Phi) is 6.99. The molecule has 0 aliphatic carbocycles. The molecule has 10 heteroatoms. The normalized spacial score (nSPS) is 15.5. The van der Waals surface area contributed by atoms with Crippen LogP contribution >= 0.6 is 11.3 Å². The Hall–Kier alpha value is -2.88. The van der Waals surface area contributed by atoms with Crippen molar-refractivity contribution in [2.75, 3.05) is 26.2 Å². The summed E-state index contributed by atoms with van der Waals surface area (Å²) in [6.45, 7) is 2.62. The number of nitrogens with one attached hydrogen (secondary N) is 1. The first-order valence-corrected chi connectivity index (χ1v) is 10.6. The molecule has 1 aliphatic rings. The predicted molar refractivity (Wildman–Crippen MR) is 109 cm³/mol. The molecule has 1 unspecified atom stereocenters. The molecule has 2 heterocycles. The summed E-state index contributed by atoms with van der Waals surface area (Å²) >= 11 is 1.46. The second-order valence-corrected chi connectivity index (χ2v) is 8.20. The zero-order chi connectivity index (χ0) is 22.6. The molecule has 31 heavy (non-hydrogen) atoms. The number of hydrogen-bond donors (Lipinski definition) is 1. The second kappa shape index (κ2) is 9.51. The molecule has 0 spiro atoms. The third kappa shape index (κ3) is 5.84. The Morgan fingerprint density at radius 2 is 1.65 bits per heavy atom. The van der Waals surface area contributed by atoms with E-state index in [-0.39, 0.29) is 42.8 Å². The smallest absolute Gasteiger partial charge is 0.348 e. The highest BCUT2D eigenvalue weighted by Gasteiger charge is 2.31. The number of halogens is 3. The number of piperazine rings is 1. The van der Waals surface area contributed by atoms with E-state index in [1.807, 2.05) is 17.5 Å². The molecular formula is C21H22F3N3O3S. The van der Waals surface area contributed by atoms with E-state index in [0.29, 0.717) is 13.1 Å². The average molecular weight is 453 g/mol. The van der Waals surface area contributed by atoms with Gasteiger partial charge in [0.25, 0.3) is 5.91 Å². The molecule has 3 amide bonds. The highest BCUT2D eigenvalue weighted by Crippen LogP contribution is 2.29. The first kappa shape index (κ1) is 22.8. The van der Waals surface area contributed by atoms with Gasteiger partial charge >= 0.3 is 6.18 Å². The monoisotopic (exact) mass is 453 g/mol. The first-order chi connectivity index (χ1) is 14.6. The fourth-order valence-corrected chi connectivity index (χ4v) is 4.18. The standard InChI is InChI=1S/C21H22F3N3O3S/c1-14(28)25-17(18-3-2-12-31-18)13-19(29)26-8-10-27(11-9-26)20(30)15-4-6-16(7-5-15)21(22,23)24/h2-7,12,17H,8-11,13H2,1H3,(H,25,28). The van der Waals surface area contributed by atoms with Crippen molar-refractivity contribution in [3.63, 3.8) is 0 Å². The fourth-order valence-electron chi connectivity index (χ4n) is 3.40. The summed E-state index contributed by atoms with van der Waals surface area (Å²) in [6, 6.07) is 7.42. The van der Waals surface area contributed by atoms with Gasteiger partial charge < -0.3 is 15.1 Å². The molecule has 1 fully saturated rings. The van der Waals surface area contributed by atoms with Gasteiger partial charge in [-0.1, -0.05) is 6.07 Å². The summed E-state index contributed by atoms with van der Waals surface area (Å²) in [4.78, 5) is 40.9. The zero-order valence-corrected chi connectivity index (χ0v) is 17.6. The lowest BCUT2D eigenvalue weighted by Crippen LogP contribution is -2.51. The summed E-state index contributed by atoms with van der Waals surface area (Å²) in [5.74, 6) is -0.720. The van der Waals surface area contributed by atoms with Gasteiger partial charge in [0.1, 0.15) is 0 Å². The molecule has 1 aromatic carbocycles. The van der Waals surface area contributed by atoms with Gasteiger partial charge in [-0.3, -0.25) is 14.4 Å². The van der Waals surface area contributed by atoms with E-state index in [1.54, 1.807) is 4.90 Å². The molecule has 1 saturated heterocycles.